The number of carbonyl (C=O) groups excluding carboxylic acids is 2. The maximum absolute atomic E-state index is 13.1. The third-order valence-corrected chi connectivity index (χ3v) is 15.7. The Bertz CT molecular complexity index is 561. The molecule has 0 unspecified atom stereocenters. The first-order valence-electron chi connectivity index (χ1n) is 11.1. The molecule has 0 saturated heterocycles. The number of rotatable bonds is 10. The Morgan fingerprint density at radius 1 is 0.733 bits per heavy atom. The highest BCUT2D eigenvalue weighted by Crippen LogP contribution is 2.78. The van der Waals surface area contributed by atoms with E-state index in [0.29, 0.717) is 0 Å². The lowest BCUT2D eigenvalue weighted by atomic mass is 10.3. The molecule has 0 N–H and O–H groups in total. The van der Waals surface area contributed by atoms with Gasteiger partial charge >= 0.3 is 11.9 Å². The number of nitrogens with zero attached hydrogens (tertiary/aromatic N) is 2. The first-order valence-corrected chi connectivity index (χ1v) is 15.9. The van der Waals surface area contributed by atoms with Crippen LogP contribution in [0.25, 0.3) is 0 Å². The van der Waals surface area contributed by atoms with E-state index in [0.717, 1.165) is 0 Å². The van der Waals surface area contributed by atoms with Crippen LogP contribution in [-0.2, 0) is 19.1 Å². The summed E-state index contributed by atoms with van der Waals surface area (Å²) < 4.78 is 15.2. The Labute approximate surface area is 186 Å². The molecule has 0 aliphatic heterocycles. The molecule has 1 aliphatic rings. The summed E-state index contributed by atoms with van der Waals surface area (Å²) in [6.45, 7) is 24.6. The SMILES string of the molecule is COC(=O)[C@H]1[C@H](C(=O)OC)C1(P(N(C(C)C)C(C)C)N(C(C)C)C(C)C)[Si](C)(C)C. The average Bonchev–Trinajstić information content (AvgIpc) is 3.29. The summed E-state index contributed by atoms with van der Waals surface area (Å²) in [7, 11) is -0.224. The van der Waals surface area contributed by atoms with Crippen molar-refractivity contribution < 1.29 is 19.1 Å². The fourth-order valence-corrected chi connectivity index (χ4v) is 14.4. The van der Waals surface area contributed by atoms with E-state index in [1.165, 1.54) is 14.2 Å². The zero-order valence-electron chi connectivity index (χ0n) is 21.4. The highest BCUT2D eigenvalue weighted by molar-refractivity contribution is 7.59. The molecule has 0 aromatic heterocycles. The van der Waals surface area contributed by atoms with E-state index in [-0.39, 0.29) is 36.1 Å². The molecule has 2 atom stereocenters. The highest BCUT2D eigenvalue weighted by atomic mass is 31.1. The number of methoxy groups -OCH3 is 2. The summed E-state index contributed by atoms with van der Waals surface area (Å²) in [6.07, 6.45) is 0. The Kier molecular flexibility index (Phi) is 9.15. The van der Waals surface area contributed by atoms with E-state index < -0.39 is 32.9 Å². The summed E-state index contributed by atoms with van der Waals surface area (Å²) in [5.74, 6) is -1.46. The topological polar surface area (TPSA) is 59.1 Å². The van der Waals surface area contributed by atoms with Crippen molar-refractivity contribution in [2.24, 2.45) is 11.8 Å². The molecule has 0 radical (unpaired) electrons. The summed E-state index contributed by atoms with van der Waals surface area (Å²) in [4.78, 5) is 26.1. The van der Waals surface area contributed by atoms with Gasteiger partial charge in [-0.25, -0.2) is 0 Å². The van der Waals surface area contributed by atoms with Crippen molar-refractivity contribution in [2.75, 3.05) is 14.2 Å². The Hall–Kier alpha value is -0.493. The van der Waals surface area contributed by atoms with Gasteiger partial charge in [-0.05, 0) is 55.4 Å². The second-order valence-electron chi connectivity index (χ2n) is 10.5. The van der Waals surface area contributed by atoms with Crippen molar-refractivity contribution in [1.82, 2.24) is 9.34 Å². The molecule has 8 heteroatoms. The van der Waals surface area contributed by atoms with Crippen LogP contribution in [0.3, 0.4) is 0 Å². The molecular weight excluding hydrogens is 415 g/mol. The van der Waals surface area contributed by atoms with Gasteiger partial charge < -0.3 is 9.47 Å². The van der Waals surface area contributed by atoms with Gasteiger partial charge in [0.15, 0.2) is 0 Å². The molecule has 6 nitrogen and oxygen atoms in total. The maximum Gasteiger partial charge on any atom is 0.310 e. The number of ether oxygens (including phenoxy) is 2. The van der Waals surface area contributed by atoms with Crippen molar-refractivity contribution in [1.29, 1.82) is 0 Å². The molecule has 1 fully saturated rings. The minimum Gasteiger partial charge on any atom is -0.469 e. The molecule has 0 amide bonds. The quantitative estimate of drug-likeness (QED) is 0.267. The molecule has 0 spiro atoms. The van der Waals surface area contributed by atoms with Gasteiger partial charge in [-0.1, -0.05) is 19.6 Å². The molecule has 0 bridgehead atoms. The van der Waals surface area contributed by atoms with Gasteiger partial charge in [-0.15, -0.1) is 0 Å². The summed E-state index contributed by atoms with van der Waals surface area (Å²) >= 11 is 0. The Morgan fingerprint density at radius 2 is 1.00 bits per heavy atom. The zero-order valence-corrected chi connectivity index (χ0v) is 23.3. The monoisotopic (exact) mass is 460 g/mol. The van der Waals surface area contributed by atoms with Crippen LogP contribution < -0.4 is 0 Å². The number of hydrogen-bond donors (Lipinski definition) is 0. The van der Waals surface area contributed by atoms with Crippen LogP contribution in [0.5, 0.6) is 0 Å². The standard InChI is InChI=1S/C22H45N2O4PSi/c1-14(2)23(15(3)4)29(24(16(5)6)17(7)8)22(30(11,12)13)18(20(25)27-9)19(22)21(26)28-10/h14-19H,1-13H3/t18-,19-/m1/s1. The fraction of sp³-hybridized carbons (Fsp3) is 0.909. The van der Waals surface area contributed by atoms with E-state index in [4.69, 9.17) is 9.47 Å². The number of carbonyl (C=O) groups is 2. The minimum atomic E-state index is -2.09. The Morgan fingerprint density at radius 3 is 1.17 bits per heavy atom. The second-order valence-corrected chi connectivity index (χ2v) is 18.5. The largest absolute Gasteiger partial charge is 0.469 e. The molecular formula is C22H45N2O4PSi. The van der Waals surface area contributed by atoms with Gasteiger partial charge in [0.25, 0.3) is 0 Å². The summed E-state index contributed by atoms with van der Waals surface area (Å²) in [5, 5.41) is 0. The molecule has 0 aromatic rings. The van der Waals surface area contributed by atoms with Crippen molar-refractivity contribution in [3.63, 3.8) is 0 Å². The maximum atomic E-state index is 13.1. The third-order valence-electron chi connectivity index (χ3n) is 6.17. The van der Waals surface area contributed by atoms with Crippen LogP contribution in [0.2, 0.25) is 19.6 Å². The molecule has 176 valence electrons. The lowest BCUT2D eigenvalue weighted by molar-refractivity contribution is -0.148. The first-order chi connectivity index (χ1) is 13.6. The summed E-state index contributed by atoms with van der Waals surface area (Å²) in [6, 6.07) is 1.12. The molecule has 1 saturated carbocycles. The average molecular weight is 461 g/mol. The van der Waals surface area contributed by atoms with Gasteiger partial charge in [0.05, 0.1) is 34.1 Å². The second kappa shape index (κ2) is 9.97. The zero-order chi connectivity index (χ0) is 23.8. The van der Waals surface area contributed by atoms with Crippen LogP contribution in [0.15, 0.2) is 0 Å². The van der Waals surface area contributed by atoms with Gasteiger partial charge in [-0.2, -0.15) is 0 Å². The van der Waals surface area contributed by atoms with Gasteiger partial charge in [-0.3, -0.25) is 18.9 Å². The van der Waals surface area contributed by atoms with Crippen LogP contribution >= 0.6 is 8.22 Å². The lowest BCUT2D eigenvalue weighted by Crippen LogP contribution is -2.55. The highest BCUT2D eigenvalue weighted by Gasteiger charge is 2.82. The third kappa shape index (κ3) is 4.64. The molecule has 30 heavy (non-hydrogen) atoms. The van der Waals surface area contributed by atoms with Crippen molar-refractivity contribution >= 4 is 28.2 Å². The van der Waals surface area contributed by atoms with Gasteiger partial charge in [0.1, 0.15) is 0 Å². The van der Waals surface area contributed by atoms with Gasteiger partial charge in [0, 0.05) is 37.2 Å². The van der Waals surface area contributed by atoms with E-state index in [9.17, 15) is 9.59 Å². The minimum absolute atomic E-state index is 0.278. The van der Waals surface area contributed by atoms with E-state index in [1.54, 1.807) is 0 Å². The summed E-state index contributed by atoms with van der Waals surface area (Å²) in [5.41, 5.74) is 0. The van der Waals surface area contributed by atoms with Crippen molar-refractivity contribution in [3.8, 4) is 0 Å². The van der Waals surface area contributed by atoms with Crippen LogP contribution in [0, 0.1) is 11.8 Å². The predicted molar refractivity (Wildman–Crippen MR) is 128 cm³/mol. The smallest absolute Gasteiger partial charge is 0.310 e. The van der Waals surface area contributed by atoms with Gasteiger partial charge in [0.2, 0.25) is 0 Å². The van der Waals surface area contributed by atoms with E-state index in [2.05, 4.69) is 84.4 Å². The molecule has 1 aliphatic carbocycles. The Balaban J connectivity index is 3.96. The normalized spacial score (nSPS) is 24.7. The van der Waals surface area contributed by atoms with Crippen LogP contribution in [0.1, 0.15) is 55.4 Å². The molecule has 0 heterocycles. The number of esters is 2. The molecule has 0 aromatic carbocycles. The van der Waals surface area contributed by atoms with Crippen LogP contribution in [-0.4, -0.2) is 72.5 Å². The fourth-order valence-electron chi connectivity index (χ4n) is 5.31. The van der Waals surface area contributed by atoms with Crippen molar-refractivity contribution in [3.05, 3.63) is 0 Å². The lowest BCUT2D eigenvalue weighted by Gasteiger charge is -2.54. The van der Waals surface area contributed by atoms with E-state index in [1.807, 2.05) is 0 Å². The van der Waals surface area contributed by atoms with E-state index >= 15 is 0 Å². The predicted octanol–water partition coefficient (Wildman–Crippen LogP) is 4.74. The van der Waals surface area contributed by atoms with Crippen LogP contribution in [0.4, 0.5) is 0 Å². The first kappa shape index (κ1) is 27.5. The molecule has 1 rings (SSSR count). The van der Waals surface area contributed by atoms with Crippen molar-refractivity contribution in [2.45, 2.75) is 104 Å². The number of hydrogen-bond acceptors (Lipinski definition) is 6.